The summed E-state index contributed by atoms with van der Waals surface area (Å²) in [7, 11) is -9.89. The average Bonchev–Trinajstić information content (AvgIpc) is 3.46. The van der Waals surface area contributed by atoms with E-state index >= 15 is 0 Å². The molecular weight excluding hydrogens is 1130 g/mol. The molecule has 17 nitrogen and oxygen atoms in total. The van der Waals surface area contributed by atoms with E-state index in [2.05, 4.69) is 48.5 Å². The van der Waals surface area contributed by atoms with E-state index in [4.69, 9.17) is 37.0 Å². The lowest BCUT2D eigenvalue weighted by Crippen LogP contribution is -2.30. The van der Waals surface area contributed by atoms with Crippen LogP contribution >= 0.6 is 15.6 Å². The van der Waals surface area contributed by atoms with Gasteiger partial charge in [-0.2, -0.15) is 0 Å². The van der Waals surface area contributed by atoms with Gasteiger partial charge in [-0.05, 0) is 43.4 Å². The van der Waals surface area contributed by atoms with E-state index < -0.39 is 97.5 Å². The summed E-state index contributed by atoms with van der Waals surface area (Å²) >= 11 is 0. The van der Waals surface area contributed by atoms with Crippen LogP contribution in [-0.2, 0) is 65.4 Å². The smallest absolute Gasteiger partial charge is 0.462 e. The van der Waals surface area contributed by atoms with Crippen LogP contribution in [0.15, 0.2) is 0 Å². The van der Waals surface area contributed by atoms with Crippen LogP contribution < -0.4 is 0 Å². The van der Waals surface area contributed by atoms with E-state index in [9.17, 15) is 43.2 Å². The summed E-state index contributed by atoms with van der Waals surface area (Å²) in [6.07, 6.45) is 39.1. The van der Waals surface area contributed by atoms with E-state index in [0.717, 1.165) is 102 Å². The second-order valence-corrected chi connectivity index (χ2v) is 28.2. The van der Waals surface area contributed by atoms with Gasteiger partial charge in [-0.15, -0.1) is 0 Å². The van der Waals surface area contributed by atoms with Gasteiger partial charge in [-0.3, -0.25) is 37.3 Å². The van der Waals surface area contributed by atoms with Crippen LogP contribution in [0, 0.1) is 17.8 Å². The lowest BCUT2D eigenvalue weighted by atomic mass is 10.0. The van der Waals surface area contributed by atoms with Gasteiger partial charge >= 0.3 is 39.5 Å². The van der Waals surface area contributed by atoms with Crippen LogP contribution in [0.25, 0.3) is 0 Å². The number of carbonyl (C=O) groups is 4. The molecule has 0 aliphatic heterocycles. The van der Waals surface area contributed by atoms with Gasteiger partial charge in [0, 0.05) is 25.7 Å². The molecule has 0 saturated carbocycles. The standard InChI is InChI=1S/C66H128O17P2/c1-8-9-10-11-12-18-26-33-40-47-63(68)76-53-62(83-66(71)50-43-36-29-22-25-32-39-46-59(6)7)56-81-85(74,75)79-52-60(67)51-78-84(72,73)80-55-61(54-77-64(69)48-41-34-28-21-24-31-38-45-58(4)5)82-65(70)49-42-35-27-20-17-15-13-14-16-19-23-30-37-44-57(2)3/h57-62,67H,8-56H2,1-7H3,(H,72,73)(H,74,75)/t60-,61-,62-/m1/s1. The van der Waals surface area contributed by atoms with Crippen molar-refractivity contribution in [1.82, 2.24) is 0 Å². The molecule has 19 heteroatoms. The lowest BCUT2D eigenvalue weighted by molar-refractivity contribution is -0.161. The summed E-state index contributed by atoms with van der Waals surface area (Å²) in [6.45, 7) is 11.7. The second-order valence-electron chi connectivity index (χ2n) is 25.3. The number of esters is 4. The fourth-order valence-electron chi connectivity index (χ4n) is 9.83. The topological polar surface area (TPSA) is 237 Å². The zero-order valence-corrected chi connectivity index (χ0v) is 56.9. The van der Waals surface area contributed by atoms with Crippen molar-refractivity contribution in [3.8, 4) is 0 Å². The molecule has 0 radical (unpaired) electrons. The highest BCUT2D eigenvalue weighted by Crippen LogP contribution is 2.45. The highest BCUT2D eigenvalue weighted by Gasteiger charge is 2.30. The van der Waals surface area contributed by atoms with Gasteiger partial charge in [0.2, 0.25) is 0 Å². The fraction of sp³-hybridized carbons (Fsp3) is 0.939. The van der Waals surface area contributed by atoms with Crippen LogP contribution in [0.1, 0.15) is 325 Å². The first-order valence-corrected chi connectivity index (χ1v) is 37.3. The Morgan fingerprint density at radius 1 is 0.318 bits per heavy atom. The summed E-state index contributed by atoms with van der Waals surface area (Å²) in [5.41, 5.74) is 0. The number of phosphoric ester groups is 2. The second kappa shape index (κ2) is 57.2. The van der Waals surface area contributed by atoms with Gasteiger partial charge in [-0.25, -0.2) is 9.13 Å². The van der Waals surface area contributed by atoms with E-state index in [-0.39, 0.29) is 25.7 Å². The molecule has 0 aromatic rings. The predicted octanol–water partition coefficient (Wildman–Crippen LogP) is 18.3. The summed E-state index contributed by atoms with van der Waals surface area (Å²) in [5.74, 6) is 0.0514. The normalized spacial score (nSPS) is 14.3. The molecule has 0 amide bonds. The number of phosphoric acid groups is 2. The Labute approximate surface area is 517 Å². The summed E-state index contributed by atoms with van der Waals surface area (Å²) in [4.78, 5) is 72.2. The van der Waals surface area contributed by atoms with E-state index in [1.54, 1.807) is 0 Å². The quantitative estimate of drug-likeness (QED) is 0.0222. The van der Waals surface area contributed by atoms with E-state index in [0.29, 0.717) is 37.5 Å². The number of carbonyl (C=O) groups excluding carboxylic acids is 4. The van der Waals surface area contributed by atoms with Gasteiger partial charge in [0.25, 0.3) is 0 Å². The fourth-order valence-corrected chi connectivity index (χ4v) is 11.4. The molecule has 0 aromatic heterocycles. The third-order valence-electron chi connectivity index (χ3n) is 15.1. The van der Waals surface area contributed by atoms with Crippen molar-refractivity contribution in [3.63, 3.8) is 0 Å². The van der Waals surface area contributed by atoms with E-state index in [1.807, 2.05) is 0 Å². The molecule has 0 aliphatic carbocycles. The highest BCUT2D eigenvalue weighted by molar-refractivity contribution is 7.47. The number of aliphatic hydroxyl groups excluding tert-OH is 1. The van der Waals surface area contributed by atoms with Crippen LogP contribution in [0.5, 0.6) is 0 Å². The lowest BCUT2D eigenvalue weighted by Gasteiger charge is -2.21. The van der Waals surface area contributed by atoms with Crippen LogP contribution in [0.2, 0.25) is 0 Å². The first-order chi connectivity index (χ1) is 40.7. The van der Waals surface area contributed by atoms with Crippen molar-refractivity contribution < 1.29 is 80.2 Å². The summed E-state index contributed by atoms with van der Waals surface area (Å²) < 4.78 is 68.0. The molecule has 5 atom stereocenters. The molecule has 2 unspecified atom stereocenters. The Hall–Kier alpha value is -1.94. The maximum atomic E-state index is 13.0. The minimum absolute atomic E-state index is 0.103. The van der Waals surface area contributed by atoms with Gasteiger partial charge < -0.3 is 33.8 Å². The Balaban J connectivity index is 5.22. The largest absolute Gasteiger partial charge is 0.472 e. The number of ether oxygens (including phenoxy) is 4. The Bertz CT molecular complexity index is 1680. The van der Waals surface area contributed by atoms with Crippen LogP contribution in [-0.4, -0.2) is 96.7 Å². The Morgan fingerprint density at radius 3 is 0.800 bits per heavy atom. The molecule has 0 rings (SSSR count). The van der Waals surface area contributed by atoms with Gasteiger partial charge in [-0.1, -0.05) is 273 Å². The molecule has 0 fully saturated rings. The van der Waals surface area contributed by atoms with Crippen molar-refractivity contribution in [3.05, 3.63) is 0 Å². The van der Waals surface area contributed by atoms with Crippen molar-refractivity contribution >= 4 is 39.5 Å². The molecule has 0 aromatic carbocycles. The number of aliphatic hydroxyl groups is 1. The summed E-state index contributed by atoms with van der Waals surface area (Å²) in [5, 5.41) is 10.5. The monoisotopic (exact) mass is 1250 g/mol. The maximum absolute atomic E-state index is 13.0. The van der Waals surface area contributed by atoms with E-state index in [1.165, 1.54) is 128 Å². The SMILES string of the molecule is CCCCCCCCCCCC(=O)OC[C@H](COP(=O)(O)OC[C@H](O)COP(=O)(O)OC[C@@H](COC(=O)CCCCCCCCCC(C)C)OC(=O)CCCCCCCCCCCCCCCC(C)C)OC(=O)CCCCCCCCCC(C)C. The molecule has 0 saturated heterocycles. The molecule has 3 N–H and O–H groups in total. The zero-order valence-electron chi connectivity index (χ0n) is 55.1. The Morgan fingerprint density at radius 2 is 0.541 bits per heavy atom. The number of hydrogen-bond acceptors (Lipinski definition) is 15. The number of rotatable bonds is 64. The maximum Gasteiger partial charge on any atom is 0.472 e. The van der Waals surface area contributed by atoms with Crippen LogP contribution in [0.4, 0.5) is 0 Å². The predicted molar refractivity (Wildman–Crippen MR) is 340 cm³/mol. The van der Waals surface area contributed by atoms with Crippen molar-refractivity contribution in [2.75, 3.05) is 39.6 Å². The van der Waals surface area contributed by atoms with Gasteiger partial charge in [0.05, 0.1) is 26.4 Å². The average molecular weight is 1260 g/mol. The minimum atomic E-state index is -4.95. The van der Waals surface area contributed by atoms with Gasteiger partial charge in [0.15, 0.2) is 12.2 Å². The molecule has 504 valence electrons. The summed E-state index contributed by atoms with van der Waals surface area (Å²) in [6, 6.07) is 0. The number of unbranched alkanes of at least 4 members (excludes halogenated alkanes) is 32. The molecule has 0 bridgehead atoms. The molecular formula is C66H128O17P2. The first-order valence-electron chi connectivity index (χ1n) is 34.3. The van der Waals surface area contributed by atoms with Gasteiger partial charge in [0.1, 0.15) is 19.3 Å². The van der Waals surface area contributed by atoms with Crippen LogP contribution in [0.3, 0.4) is 0 Å². The molecule has 0 heterocycles. The first kappa shape index (κ1) is 83.1. The van der Waals surface area contributed by atoms with Crippen molar-refractivity contribution in [2.24, 2.45) is 17.8 Å². The molecule has 85 heavy (non-hydrogen) atoms. The highest BCUT2D eigenvalue weighted by atomic mass is 31.2. The molecule has 0 spiro atoms. The van der Waals surface area contributed by atoms with Crippen molar-refractivity contribution in [2.45, 2.75) is 343 Å². The molecule has 0 aliphatic rings. The zero-order chi connectivity index (χ0) is 63.1. The third kappa shape index (κ3) is 60.7. The minimum Gasteiger partial charge on any atom is -0.462 e. The van der Waals surface area contributed by atoms with Crippen molar-refractivity contribution in [1.29, 1.82) is 0 Å². The Kier molecular flexibility index (Phi) is 55.9. The third-order valence-corrected chi connectivity index (χ3v) is 17.0. The number of hydrogen-bond donors (Lipinski definition) is 3.